The Morgan fingerprint density at radius 2 is 1.24 bits per heavy atom. The molecule has 5 rings (SSSR count). The molecule has 0 unspecified atom stereocenters. The lowest BCUT2D eigenvalue weighted by molar-refractivity contribution is 0.584. The van der Waals surface area contributed by atoms with Crippen molar-refractivity contribution in [3.05, 3.63) is 107 Å². The first kappa shape index (κ1) is 26.3. The van der Waals surface area contributed by atoms with Crippen molar-refractivity contribution in [3.63, 3.8) is 0 Å². The zero-order chi connectivity index (χ0) is 27.5. The summed E-state index contributed by atoms with van der Waals surface area (Å²) < 4.78 is 0. The second-order valence-electron chi connectivity index (χ2n) is 13.4. The maximum Gasteiger partial charge on any atom is 0.0454 e. The Bertz CT molecular complexity index is 1480. The average molecular weight is 502 g/mol. The highest BCUT2D eigenvalue weighted by molar-refractivity contribution is 5.87. The standard InChI is InChI=1S/C37H43N/c1-10-38(32-22-16-20-26(34(32)36(5,6)7)25-17-12-11-13-18-25)33-24-30-28(23-31(33)35(2,3)4)27-19-14-15-21-29(27)37(30,8)9/h11-24H,10H2,1-9H3. The van der Waals surface area contributed by atoms with Crippen LogP contribution in [0.25, 0.3) is 22.3 Å². The van der Waals surface area contributed by atoms with Crippen LogP contribution in [0.15, 0.2) is 84.9 Å². The fourth-order valence-corrected chi connectivity index (χ4v) is 6.44. The zero-order valence-electron chi connectivity index (χ0n) is 24.7. The van der Waals surface area contributed by atoms with E-state index in [4.69, 9.17) is 0 Å². The van der Waals surface area contributed by atoms with Crippen LogP contribution in [0, 0.1) is 0 Å². The minimum atomic E-state index is -0.0325. The second kappa shape index (κ2) is 9.16. The first-order valence-electron chi connectivity index (χ1n) is 14.1. The molecule has 1 aliphatic carbocycles. The fourth-order valence-electron chi connectivity index (χ4n) is 6.44. The summed E-state index contributed by atoms with van der Waals surface area (Å²) in [4.78, 5) is 2.58. The van der Waals surface area contributed by atoms with Gasteiger partial charge in [0.2, 0.25) is 0 Å². The molecule has 0 saturated carbocycles. The minimum absolute atomic E-state index is 0.00159. The Balaban J connectivity index is 1.80. The predicted octanol–water partition coefficient (Wildman–Crippen LogP) is 10.4. The Kier molecular flexibility index (Phi) is 6.33. The zero-order valence-corrected chi connectivity index (χ0v) is 24.7. The average Bonchev–Trinajstić information content (AvgIpc) is 3.10. The predicted molar refractivity (Wildman–Crippen MR) is 166 cm³/mol. The maximum atomic E-state index is 2.58. The molecule has 4 aromatic carbocycles. The van der Waals surface area contributed by atoms with Gasteiger partial charge >= 0.3 is 0 Å². The summed E-state index contributed by atoms with van der Waals surface area (Å²) in [5.74, 6) is 0. The van der Waals surface area contributed by atoms with Crippen LogP contribution in [0.5, 0.6) is 0 Å². The molecule has 0 heterocycles. The quantitative estimate of drug-likeness (QED) is 0.269. The number of anilines is 2. The van der Waals surface area contributed by atoms with Gasteiger partial charge < -0.3 is 4.90 Å². The van der Waals surface area contributed by atoms with E-state index in [2.05, 4.69) is 152 Å². The molecule has 0 saturated heterocycles. The molecule has 1 nitrogen and oxygen atoms in total. The Labute approximate surface area is 230 Å². The molecule has 0 spiro atoms. The molecule has 4 aromatic rings. The van der Waals surface area contributed by atoms with Crippen LogP contribution in [0.1, 0.15) is 84.6 Å². The van der Waals surface area contributed by atoms with Crippen LogP contribution in [-0.4, -0.2) is 6.54 Å². The molecule has 1 aliphatic rings. The number of rotatable bonds is 4. The van der Waals surface area contributed by atoms with Crippen molar-refractivity contribution in [2.24, 2.45) is 0 Å². The highest BCUT2D eigenvalue weighted by atomic mass is 15.1. The number of benzene rings is 4. The van der Waals surface area contributed by atoms with Gasteiger partial charge in [-0.25, -0.2) is 0 Å². The van der Waals surface area contributed by atoms with E-state index < -0.39 is 0 Å². The molecule has 0 atom stereocenters. The lowest BCUT2D eigenvalue weighted by Crippen LogP contribution is -2.27. The molecule has 196 valence electrons. The summed E-state index contributed by atoms with van der Waals surface area (Å²) in [7, 11) is 0. The minimum Gasteiger partial charge on any atom is -0.341 e. The molecule has 0 radical (unpaired) electrons. The number of hydrogen-bond acceptors (Lipinski definition) is 1. The van der Waals surface area contributed by atoms with Gasteiger partial charge in [-0.3, -0.25) is 0 Å². The van der Waals surface area contributed by atoms with Crippen molar-refractivity contribution in [1.82, 2.24) is 0 Å². The van der Waals surface area contributed by atoms with Gasteiger partial charge in [-0.05, 0) is 80.5 Å². The van der Waals surface area contributed by atoms with Crippen molar-refractivity contribution in [2.75, 3.05) is 11.4 Å². The van der Waals surface area contributed by atoms with E-state index in [1.165, 1.54) is 55.9 Å². The first-order valence-corrected chi connectivity index (χ1v) is 14.1. The van der Waals surface area contributed by atoms with E-state index >= 15 is 0 Å². The second-order valence-corrected chi connectivity index (χ2v) is 13.4. The van der Waals surface area contributed by atoms with Gasteiger partial charge in [-0.1, -0.05) is 122 Å². The van der Waals surface area contributed by atoms with Gasteiger partial charge in [0.15, 0.2) is 0 Å². The van der Waals surface area contributed by atoms with E-state index in [1.54, 1.807) is 0 Å². The van der Waals surface area contributed by atoms with Gasteiger partial charge in [0, 0.05) is 23.3 Å². The summed E-state index contributed by atoms with van der Waals surface area (Å²) in [6.45, 7) is 22.0. The molecule has 38 heavy (non-hydrogen) atoms. The lowest BCUT2D eigenvalue weighted by Gasteiger charge is -2.37. The van der Waals surface area contributed by atoms with Gasteiger partial charge in [-0.15, -0.1) is 0 Å². The van der Waals surface area contributed by atoms with Crippen molar-refractivity contribution >= 4 is 11.4 Å². The SMILES string of the molecule is CCN(c1cc2c(cc1C(C)(C)C)-c1ccccc1C2(C)C)c1cccc(-c2ccccc2)c1C(C)(C)C. The van der Waals surface area contributed by atoms with Crippen LogP contribution >= 0.6 is 0 Å². The van der Waals surface area contributed by atoms with Crippen LogP contribution in [0.2, 0.25) is 0 Å². The molecule has 1 heteroatoms. The van der Waals surface area contributed by atoms with Crippen LogP contribution in [-0.2, 0) is 16.2 Å². The van der Waals surface area contributed by atoms with Crippen LogP contribution in [0.4, 0.5) is 11.4 Å². The lowest BCUT2D eigenvalue weighted by atomic mass is 9.78. The third kappa shape index (κ3) is 4.27. The molecule has 0 bridgehead atoms. The van der Waals surface area contributed by atoms with Crippen molar-refractivity contribution in [1.29, 1.82) is 0 Å². The number of fused-ring (bicyclic) bond motifs is 3. The summed E-state index contributed by atoms with van der Waals surface area (Å²) in [5, 5.41) is 0. The van der Waals surface area contributed by atoms with Crippen molar-refractivity contribution < 1.29 is 0 Å². The van der Waals surface area contributed by atoms with Crippen LogP contribution < -0.4 is 4.90 Å². The third-order valence-electron chi connectivity index (χ3n) is 8.28. The van der Waals surface area contributed by atoms with Gasteiger partial charge in [0.1, 0.15) is 0 Å². The van der Waals surface area contributed by atoms with Crippen LogP contribution in [0.3, 0.4) is 0 Å². The normalized spacial score (nSPS) is 14.2. The largest absolute Gasteiger partial charge is 0.341 e. The Morgan fingerprint density at radius 1 is 0.605 bits per heavy atom. The van der Waals surface area contributed by atoms with Gasteiger partial charge in [0.05, 0.1) is 0 Å². The fraction of sp³-hybridized carbons (Fsp3) is 0.351. The summed E-state index contributed by atoms with van der Waals surface area (Å²) in [5.41, 5.74) is 13.6. The molecule has 0 fully saturated rings. The summed E-state index contributed by atoms with van der Waals surface area (Å²) in [6, 6.07) is 31.7. The van der Waals surface area contributed by atoms with E-state index in [-0.39, 0.29) is 16.2 Å². The smallest absolute Gasteiger partial charge is 0.0454 e. The Hall–Kier alpha value is -3.32. The summed E-state index contributed by atoms with van der Waals surface area (Å²) in [6.07, 6.45) is 0. The number of nitrogens with zero attached hydrogens (tertiary/aromatic N) is 1. The molecule has 0 aromatic heterocycles. The highest BCUT2D eigenvalue weighted by Crippen LogP contribution is 2.53. The highest BCUT2D eigenvalue weighted by Gasteiger charge is 2.38. The van der Waals surface area contributed by atoms with Crippen molar-refractivity contribution in [3.8, 4) is 22.3 Å². The monoisotopic (exact) mass is 501 g/mol. The molecular formula is C37H43N. The van der Waals surface area contributed by atoms with E-state index in [0.29, 0.717) is 0 Å². The molecular weight excluding hydrogens is 458 g/mol. The van der Waals surface area contributed by atoms with E-state index in [1.807, 2.05) is 0 Å². The Morgan fingerprint density at radius 3 is 1.87 bits per heavy atom. The maximum absolute atomic E-state index is 2.58. The molecule has 0 aliphatic heterocycles. The summed E-state index contributed by atoms with van der Waals surface area (Å²) >= 11 is 0. The van der Waals surface area contributed by atoms with Gasteiger partial charge in [0.25, 0.3) is 0 Å². The van der Waals surface area contributed by atoms with Gasteiger partial charge in [-0.2, -0.15) is 0 Å². The van der Waals surface area contributed by atoms with Crippen molar-refractivity contribution in [2.45, 2.75) is 78.6 Å². The third-order valence-corrected chi connectivity index (χ3v) is 8.28. The van der Waals surface area contributed by atoms with E-state index in [0.717, 1.165) is 6.54 Å². The van der Waals surface area contributed by atoms with E-state index in [9.17, 15) is 0 Å². The molecule has 0 N–H and O–H groups in total. The molecule has 0 amide bonds. The topological polar surface area (TPSA) is 3.24 Å². The first-order chi connectivity index (χ1) is 17.9. The number of hydrogen-bond donors (Lipinski definition) is 0.